The molecule has 2 N–H and O–H groups in total. The van der Waals surface area contributed by atoms with Gasteiger partial charge in [-0.25, -0.2) is 4.79 Å². The summed E-state index contributed by atoms with van der Waals surface area (Å²) in [6.45, 7) is 15.8. The number of nitrogens with one attached hydrogen (secondary N) is 2. The molecule has 2 aromatic rings. The van der Waals surface area contributed by atoms with E-state index in [1.54, 1.807) is 57.0 Å². The summed E-state index contributed by atoms with van der Waals surface area (Å²) in [4.78, 5) is 43.3. The van der Waals surface area contributed by atoms with Crippen molar-refractivity contribution in [2.75, 3.05) is 19.0 Å². The molecular formula is C35H53N3O5. The second-order valence-corrected chi connectivity index (χ2v) is 12.4. The molecular weight excluding hydrogens is 542 g/mol. The Labute approximate surface area is 258 Å². The Hall–Kier alpha value is -3.55. The van der Waals surface area contributed by atoms with E-state index in [1.807, 2.05) is 45.9 Å². The number of hydrogen-bond acceptors (Lipinski definition) is 5. The van der Waals surface area contributed by atoms with Crippen LogP contribution in [0.25, 0.3) is 0 Å². The smallest absolute Gasteiger partial charge is 0.408 e. The van der Waals surface area contributed by atoms with Crippen LogP contribution in [0.1, 0.15) is 103 Å². The maximum Gasteiger partial charge on any atom is 0.408 e. The van der Waals surface area contributed by atoms with Gasteiger partial charge in [0.2, 0.25) is 5.91 Å². The Morgan fingerprint density at radius 3 is 2.12 bits per heavy atom. The van der Waals surface area contributed by atoms with Gasteiger partial charge < -0.3 is 25.0 Å². The summed E-state index contributed by atoms with van der Waals surface area (Å²) >= 11 is 0. The van der Waals surface area contributed by atoms with Crippen LogP contribution in [-0.2, 0) is 14.3 Å². The van der Waals surface area contributed by atoms with Crippen molar-refractivity contribution in [3.63, 3.8) is 0 Å². The molecule has 0 saturated heterocycles. The zero-order valence-corrected chi connectivity index (χ0v) is 27.7. The standard InChI is InChI=1S/C35H53N3O5/c1-10-12-13-14-15-22-38(33(40)30(24(3)11-2)37-34(41)43-35(6,7)8)31(27-17-16-25(4)26(5)23-27)32(39)36-28-18-20-29(42-9)21-19-28/h16-21,23-24,30-31H,10-15,22H2,1-9H3,(H,36,39)(H,37,41). The molecule has 0 bridgehead atoms. The number of anilines is 1. The van der Waals surface area contributed by atoms with Gasteiger partial charge in [-0.3, -0.25) is 9.59 Å². The van der Waals surface area contributed by atoms with Crippen LogP contribution in [-0.4, -0.2) is 48.1 Å². The molecule has 0 aliphatic carbocycles. The van der Waals surface area contributed by atoms with Crippen LogP contribution in [0.15, 0.2) is 42.5 Å². The van der Waals surface area contributed by atoms with Crippen LogP contribution in [0, 0.1) is 19.8 Å². The number of unbranched alkanes of at least 4 members (excludes halogenated alkanes) is 4. The summed E-state index contributed by atoms with van der Waals surface area (Å²) in [5.74, 6) is -0.135. The number of benzene rings is 2. The Morgan fingerprint density at radius 2 is 1.56 bits per heavy atom. The maximum absolute atomic E-state index is 14.5. The third-order valence-electron chi connectivity index (χ3n) is 7.70. The molecule has 0 radical (unpaired) electrons. The predicted molar refractivity (Wildman–Crippen MR) is 173 cm³/mol. The van der Waals surface area contributed by atoms with Crippen molar-refractivity contribution < 1.29 is 23.9 Å². The average Bonchev–Trinajstić information content (AvgIpc) is 2.95. The average molecular weight is 596 g/mol. The minimum Gasteiger partial charge on any atom is -0.497 e. The van der Waals surface area contributed by atoms with Crippen LogP contribution < -0.4 is 15.4 Å². The van der Waals surface area contributed by atoms with Crippen molar-refractivity contribution in [1.29, 1.82) is 0 Å². The number of carbonyl (C=O) groups is 3. The summed E-state index contributed by atoms with van der Waals surface area (Å²) in [5.41, 5.74) is 2.73. The van der Waals surface area contributed by atoms with E-state index in [-0.39, 0.29) is 17.7 Å². The molecule has 3 atom stereocenters. The molecule has 238 valence electrons. The van der Waals surface area contributed by atoms with Gasteiger partial charge in [-0.2, -0.15) is 0 Å². The highest BCUT2D eigenvalue weighted by Crippen LogP contribution is 2.29. The fraction of sp³-hybridized carbons (Fsp3) is 0.571. The van der Waals surface area contributed by atoms with Crippen molar-refractivity contribution in [1.82, 2.24) is 10.2 Å². The summed E-state index contributed by atoms with van der Waals surface area (Å²) in [7, 11) is 1.59. The molecule has 0 aromatic heterocycles. The highest BCUT2D eigenvalue weighted by Gasteiger charge is 2.38. The molecule has 0 fully saturated rings. The van der Waals surface area contributed by atoms with Crippen molar-refractivity contribution in [2.45, 2.75) is 112 Å². The second kappa shape index (κ2) is 16.9. The van der Waals surface area contributed by atoms with Crippen LogP contribution in [0.4, 0.5) is 10.5 Å². The van der Waals surface area contributed by atoms with E-state index < -0.39 is 23.8 Å². The van der Waals surface area contributed by atoms with E-state index in [0.29, 0.717) is 24.4 Å². The van der Waals surface area contributed by atoms with E-state index in [0.717, 1.165) is 48.8 Å². The van der Waals surface area contributed by atoms with Gasteiger partial charge in [0.05, 0.1) is 7.11 Å². The first-order valence-corrected chi connectivity index (χ1v) is 15.6. The van der Waals surface area contributed by atoms with E-state index in [9.17, 15) is 14.4 Å². The lowest BCUT2D eigenvalue weighted by Gasteiger charge is -2.36. The van der Waals surface area contributed by atoms with Gasteiger partial charge >= 0.3 is 6.09 Å². The van der Waals surface area contributed by atoms with Gasteiger partial charge in [0.25, 0.3) is 5.91 Å². The predicted octanol–water partition coefficient (Wildman–Crippen LogP) is 7.73. The molecule has 8 heteroatoms. The summed E-state index contributed by atoms with van der Waals surface area (Å²) in [5, 5.41) is 5.87. The maximum atomic E-state index is 14.5. The largest absolute Gasteiger partial charge is 0.497 e. The summed E-state index contributed by atoms with van der Waals surface area (Å²) < 4.78 is 10.8. The number of ether oxygens (including phenoxy) is 2. The van der Waals surface area contributed by atoms with Crippen molar-refractivity contribution >= 4 is 23.6 Å². The Balaban J connectivity index is 2.58. The molecule has 0 aliphatic rings. The molecule has 0 spiro atoms. The van der Waals surface area contributed by atoms with Gasteiger partial charge in [-0.05, 0) is 87.9 Å². The molecule has 3 unspecified atom stereocenters. The first kappa shape index (κ1) is 35.6. The van der Waals surface area contributed by atoms with Crippen LogP contribution in [0.3, 0.4) is 0 Å². The topological polar surface area (TPSA) is 97.0 Å². The number of alkyl carbamates (subject to hydrolysis) is 1. The minimum atomic E-state index is -0.910. The first-order valence-electron chi connectivity index (χ1n) is 15.6. The SMILES string of the molecule is CCCCCCCN(C(=O)C(NC(=O)OC(C)(C)C)C(C)CC)C(C(=O)Nc1ccc(OC)cc1)c1ccc(C)c(C)c1. The lowest BCUT2D eigenvalue weighted by Crippen LogP contribution is -2.55. The van der Waals surface area contributed by atoms with Crippen molar-refractivity contribution in [3.05, 3.63) is 59.2 Å². The first-order chi connectivity index (χ1) is 20.3. The fourth-order valence-electron chi connectivity index (χ4n) is 4.84. The number of amides is 3. The van der Waals surface area contributed by atoms with Crippen LogP contribution >= 0.6 is 0 Å². The lowest BCUT2D eigenvalue weighted by atomic mass is 9.94. The number of hydrogen-bond donors (Lipinski definition) is 2. The van der Waals surface area contributed by atoms with E-state index in [4.69, 9.17) is 9.47 Å². The molecule has 43 heavy (non-hydrogen) atoms. The number of rotatable bonds is 15. The third-order valence-corrected chi connectivity index (χ3v) is 7.70. The van der Waals surface area contributed by atoms with Gasteiger partial charge in [0.1, 0.15) is 23.4 Å². The quantitative estimate of drug-likeness (QED) is 0.205. The number of nitrogens with zero attached hydrogens (tertiary/aromatic N) is 1. The lowest BCUT2D eigenvalue weighted by molar-refractivity contribution is -0.142. The number of carbonyl (C=O) groups excluding carboxylic acids is 3. The zero-order valence-electron chi connectivity index (χ0n) is 27.7. The normalized spacial score (nSPS) is 13.4. The molecule has 8 nitrogen and oxygen atoms in total. The number of methoxy groups -OCH3 is 1. The molecule has 2 aromatic carbocycles. The van der Waals surface area contributed by atoms with Crippen molar-refractivity contribution in [2.24, 2.45) is 5.92 Å². The zero-order chi connectivity index (χ0) is 32.2. The van der Waals surface area contributed by atoms with E-state index in [1.165, 1.54) is 0 Å². The summed E-state index contributed by atoms with van der Waals surface area (Å²) in [6.07, 6.45) is 4.95. The van der Waals surface area contributed by atoms with Gasteiger partial charge in [-0.15, -0.1) is 0 Å². The monoisotopic (exact) mass is 595 g/mol. The van der Waals surface area contributed by atoms with Crippen LogP contribution in [0.5, 0.6) is 5.75 Å². The van der Waals surface area contributed by atoms with Crippen molar-refractivity contribution in [3.8, 4) is 5.75 Å². The molecule has 0 heterocycles. The van der Waals surface area contributed by atoms with Gasteiger partial charge in [0, 0.05) is 12.2 Å². The molecule has 0 saturated carbocycles. The third kappa shape index (κ3) is 11.2. The molecule has 3 amide bonds. The molecule has 0 aliphatic heterocycles. The van der Waals surface area contributed by atoms with E-state index >= 15 is 0 Å². The Morgan fingerprint density at radius 1 is 0.907 bits per heavy atom. The van der Waals surface area contributed by atoms with Gasteiger partial charge in [-0.1, -0.05) is 71.1 Å². The Bertz CT molecular complexity index is 1190. The highest BCUT2D eigenvalue weighted by molar-refractivity contribution is 5.99. The fourth-order valence-corrected chi connectivity index (χ4v) is 4.84. The Kier molecular flexibility index (Phi) is 14.0. The number of aryl methyl sites for hydroxylation is 2. The minimum absolute atomic E-state index is 0.187. The molecule has 2 rings (SSSR count). The van der Waals surface area contributed by atoms with Gasteiger partial charge in [0.15, 0.2) is 0 Å². The van der Waals surface area contributed by atoms with Crippen LogP contribution in [0.2, 0.25) is 0 Å². The van der Waals surface area contributed by atoms with E-state index in [2.05, 4.69) is 17.6 Å². The second-order valence-electron chi connectivity index (χ2n) is 12.4. The summed E-state index contributed by atoms with van der Waals surface area (Å²) in [6, 6.07) is 11.2. The highest BCUT2D eigenvalue weighted by atomic mass is 16.6.